The molecule has 0 N–H and O–H groups in total. The highest BCUT2D eigenvalue weighted by Gasteiger charge is 2.10. The normalized spacial score (nSPS) is 10.8. The van der Waals surface area contributed by atoms with Gasteiger partial charge in [-0.3, -0.25) is 0 Å². The Morgan fingerprint density at radius 1 is 1.29 bits per heavy atom. The van der Waals surface area contributed by atoms with Crippen LogP contribution in [-0.2, 0) is 0 Å². The largest absolute Gasteiger partial charge is 0.422 e. The highest BCUT2D eigenvalue weighted by Crippen LogP contribution is 2.29. The first-order chi connectivity index (χ1) is 6.59. The van der Waals surface area contributed by atoms with Gasteiger partial charge in [0, 0.05) is 9.86 Å². The Labute approximate surface area is 101 Å². The first-order valence-corrected chi connectivity index (χ1v) is 5.63. The Morgan fingerprint density at radius 3 is 2.71 bits per heavy atom. The Bertz CT molecular complexity index is 562. The molecular formula is C9H3Br2ClO2. The number of hydrogen-bond donors (Lipinski definition) is 0. The van der Waals surface area contributed by atoms with E-state index in [9.17, 15) is 4.79 Å². The number of rotatable bonds is 0. The van der Waals surface area contributed by atoms with Gasteiger partial charge in [0.2, 0.25) is 0 Å². The quantitative estimate of drug-likeness (QED) is 0.681. The average Bonchev–Trinajstić information content (AvgIpc) is 2.16. The van der Waals surface area contributed by atoms with Crippen LogP contribution < -0.4 is 5.63 Å². The number of hydrogen-bond acceptors (Lipinski definition) is 2. The van der Waals surface area contributed by atoms with E-state index < -0.39 is 5.63 Å². The molecule has 2 aromatic rings. The molecule has 14 heavy (non-hydrogen) atoms. The lowest BCUT2D eigenvalue weighted by Crippen LogP contribution is -2.00. The molecule has 0 saturated heterocycles. The highest BCUT2D eigenvalue weighted by molar-refractivity contribution is 9.10. The van der Waals surface area contributed by atoms with Crippen molar-refractivity contribution in [1.29, 1.82) is 0 Å². The van der Waals surface area contributed by atoms with Crippen LogP contribution in [0.15, 0.2) is 36.4 Å². The summed E-state index contributed by atoms with van der Waals surface area (Å²) in [6, 6.07) is 5.28. The second-order valence-corrected chi connectivity index (χ2v) is 4.74. The Morgan fingerprint density at radius 2 is 2.00 bits per heavy atom. The lowest BCUT2D eigenvalue weighted by Gasteiger charge is -2.00. The minimum absolute atomic E-state index is 0.254. The van der Waals surface area contributed by atoms with E-state index in [1.165, 1.54) is 0 Å². The molecule has 0 aliphatic heterocycles. The van der Waals surface area contributed by atoms with E-state index in [0.29, 0.717) is 16.0 Å². The van der Waals surface area contributed by atoms with Gasteiger partial charge in [-0.15, -0.1) is 0 Å². The molecule has 2 rings (SSSR count). The summed E-state index contributed by atoms with van der Waals surface area (Å²) >= 11 is 12.4. The average molecular weight is 338 g/mol. The molecule has 0 unspecified atom stereocenters. The minimum atomic E-state index is -0.468. The smallest absolute Gasteiger partial charge is 0.352 e. The minimum Gasteiger partial charge on any atom is -0.422 e. The van der Waals surface area contributed by atoms with Crippen molar-refractivity contribution < 1.29 is 4.42 Å². The molecule has 0 bridgehead atoms. The predicted molar refractivity (Wildman–Crippen MR) is 62.9 cm³/mol. The summed E-state index contributed by atoms with van der Waals surface area (Å²) in [6.07, 6.45) is 0. The van der Waals surface area contributed by atoms with Crippen molar-refractivity contribution in [2.75, 3.05) is 0 Å². The van der Waals surface area contributed by atoms with Gasteiger partial charge >= 0.3 is 5.63 Å². The molecule has 5 heteroatoms. The third-order valence-electron chi connectivity index (χ3n) is 1.75. The first kappa shape index (κ1) is 10.2. The van der Waals surface area contributed by atoms with E-state index in [0.717, 1.165) is 4.47 Å². The summed E-state index contributed by atoms with van der Waals surface area (Å²) in [5.74, 6) is 0. The molecular weight excluding hydrogens is 335 g/mol. The van der Waals surface area contributed by atoms with Crippen LogP contribution in [0.4, 0.5) is 0 Å². The van der Waals surface area contributed by atoms with E-state index in [2.05, 4.69) is 31.9 Å². The van der Waals surface area contributed by atoms with Crippen molar-refractivity contribution in [2.45, 2.75) is 0 Å². The standard InChI is InChI=1S/C9H3Br2ClO2/c10-4-1-2-6-5(3-4)8(12)7(11)9(13)14-6/h1-3H. The molecule has 0 aliphatic carbocycles. The van der Waals surface area contributed by atoms with E-state index in [4.69, 9.17) is 16.0 Å². The fourth-order valence-electron chi connectivity index (χ4n) is 1.12. The van der Waals surface area contributed by atoms with Crippen LogP contribution in [0.1, 0.15) is 0 Å². The van der Waals surface area contributed by atoms with Crippen molar-refractivity contribution in [3.8, 4) is 0 Å². The van der Waals surface area contributed by atoms with Crippen molar-refractivity contribution in [3.05, 3.63) is 42.6 Å². The zero-order chi connectivity index (χ0) is 10.3. The molecule has 0 spiro atoms. The zero-order valence-corrected chi connectivity index (χ0v) is 10.6. The molecule has 1 aromatic heterocycles. The van der Waals surface area contributed by atoms with Gasteiger partial charge < -0.3 is 4.42 Å². The maximum Gasteiger partial charge on any atom is 0.352 e. The zero-order valence-electron chi connectivity index (χ0n) is 6.68. The van der Waals surface area contributed by atoms with E-state index in [1.54, 1.807) is 18.2 Å². The summed E-state index contributed by atoms with van der Waals surface area (Å²) < 4.78 is 6.16. The molecule has 0 fully saturated rings. The Kier molecular flexibility index (Phi) is 2.68. The summed E-state index contributed by atoms with van der Waals surface area (Å²) in [5, 5.41) is 1.07. The van der Waals surface area contributed by atoms with Gasteiger partial charge in [-0.2, -0.15) is 0 Å². The summed E-state index contributed by atoms with van der Waals surface area (Å²) in [4.78, 5) is 11.2. The van der Waals surface area contributed by atoms with Crippen molar-refractivity contribution in [1.82, 2.24) is 0 Å². The lowest BCUT2D eigenvalue weighted by molar-refractivity contribution is 0.556. The predicted octanol–water partition coefficient (Wildman–Crippen LogP) is 3.97. The maximum absolute atomic E-state index is 11.2. The van der Waals surface area contributed by atoms with Crippen molar-refractivity contribution in [2.24, 2.45) is 0 Å². The molecule has 0 amide bonds. The molecule has 0 saturated carbocycles. The van der Waals surface area contributed by atoms with Crippen LogP contribution in [0.25, 0.3) is 11.0 Å². The monoisotopic (exact) mass is 336 g/mol. The maximum atomic E-state index is 11.2. The van der Waals surface area contributed by atoms with Crippen LogP contribution in [0.3, 0.4) is 0 Å². The second-order valence-electron chi connectivity index (χ2n) is 2.66. The molecule has 72 valence electrons. The summed E-state index contributed by atoms with van der Waals surface area (Å²) in [5.41, 5.74) is 0.0104. The van der Waals surface area contributed by atoms with Gasteiger partial charge in [-0.05, 0) is 34.1 Å². The summed E-state index contributed by atoms with van der Waals surface area (Å²) in [7, 11) is 0. The Balaban J connectivity index is 2.99. The molecule has 2 nitrogen and oxygen atoms in total. The third-order valence-corrected chi connectivity index (χ3v) is 3.59. The van der Waals surface area contributed by atoms with Gasteiger partial charge in [0.05, 0.1) is 5.02 Å². The van der Waals surface area contributed by atoms with Crippen molar-refractivity contribution in [3.63, 3.8) is 0 Å². The van der Waals surface area contributed by atoms with Crippen molar-refractivity contribution >= 4 is 54.4 Å². The number of fused-ring (bicyclic) bond motifs is 1. The lowest BCUT2D eigenvalue weighted by atomic mass is 10.2. The number of benzene rings is 1. The molecule has 1 aromatic carbocycles. The topological polar surface area (TPSA) is 30.2 Å². The van der Waals surface area contributed by atoms with E-state index in [1.807, 2.05) is 0 Å². The highest BCUT2D eigenvalue weighted by atomic mass is 79.9. The fraction of sp³-hybridized carbons (Fsp3) is 0. The van der Waals surface area contributed by atoms with Gasteiger partial charge in [-0.1, -0.05) is 27.5 Å². The Hall–Kier alpha value is -0.320. The van der Waals surface area contributed by atoms with Gasteiger partial charge in [0.25, 0.3) is 0 Å². The van der Waals surface area contributed by atoms with Crippen LogP contribution >= 0.6 is 43.5 Å². The molecule has 0 aliphatic rings. The van der Waals surface area contributed by atoms with Crippen LogP contribution in [0.2, 0.25) is 5.02 Å². The third kappa shape index (κ3) is 1.62. The summed E-state index contributed by atoms with van der Waals surface area (Å²) in [6.45, 7) is 0. The van der Waals surface area contributed by atoms with E-state index >= 15 is 0 Å². The van der Waals surface area contributed by atoms with Crippen LogP contribution in [0.5, 0.6) is 0 Å². The second kappa shape index (κ2) is 3.68. The van der Waals surface area contributed by atoms with Gasteiger partial charge in [0.15, 0.2) is 0 Å². The van der Waals surface area contributed by atoms with E-state index in [-0.39, 0.29) is 4.47 Å². The fourth-order valence-corrected chi connectivity index (χ4v) is 2.00. The van der Waals surface area contributed by atoms with Crippen LogP contribution in [0, 0.1) is 0 Å². The van der Waals surface area contributed by atoms with Gasteiger partial charge in [0.1, 0.15) is 10.1 Å². The first-order valence-electron chi connectivity index (χ1n) is 3.67. The van der Waals surface area contributed by atoms with Gasteiger partial charge in [-0.25, -0.2) is 4.79 Å². The molecule has 1 heterocycles. The van der Waals surface area contributed by atoms with Crippen LogP contribution in [-0.4, -0.2) is 0 Å². The SMILES string of the molecule is O=c1oc2ccc(Br)cc2c(Cl)c1Br. The molecule has 0 radical (unpaired) electrons. The number of halogens is 3. The molecule has 0 atom stereocenters.